The number of hydrogen-bond donors (Lipinski definition) is 2. The van der Waals surface area contributed by atoms with Gasteiger partial charge in [0.1, 0.15) is 5.69 Å². The molecule has 5 nitrogen and oxygen atoms in total. The van der Waals surface area contributed by atoms with Crippen LogP contribution in [0.25, 0.3) is 50.2 Å². The summed E-state index contributed by atoms with van der Waals surface area (Å²) in [5.74, 6) is 0.740. The Bertz CT molecular complexity index is 1480. The van der Waals surface area contributed by atoms with Gasteiger partial charge in [0.2, 0.25) is 0 Å². The molecule has 1 aromatic carbocycles. The number of imidazole rings is 1. The number of nitrogens with zero attached hydrogens (tertiary/aromatic N) is 3. The first kappa shape index (κ1) is 20.2. The predicted molar refractivity (Wildman–Crippen MR) is 135 cm³/mol. The van der Waals surface area contributed by atoms with Crippen molar-refractivity contribution in [2.45, 2.75) is 20.3 Å². The normalized spacial score (nSPS) is 12.7. The van der Waals surface area contributed by atoms with Gasteiger partial charge in [-0.3, -0.25) is 10.1 Å². The number of aromatic nitrogens is 5. The second-order valence-corrected chi connectivity index (χ2v) is 8.29. The van der Waals surface area contributed by atoms with Gasteiger partial charge < -0.3 is 4.98 Å². The SMILES string of the molecule is C=C/C(=C\C(=C/C)c1cc2c(-c3nc4c(-c5ccsc5)cccc4[nH]3)n[nH]c2cn1)CC. The predicted octanol–water partition coefficient (Wildman–Crippen LogP) is 7.16. The Morgan fingerprint density at radius 2 is 2.12 bits per heavy atom. The first-order valence-electron chi connectivity index (χ1n) is 10.6. The van der Waals surface area contributed by atoms with Gasteiger partial charge in [-0.25, -0.2) is 4.98 Å². The highest BCUT2D eigenvalue weighted by Crippen LogP contribution is 2.33. The average Bonchev–Trinajstić information content (AvgIpc) is 3.58. The van der Waals surface area contributed by atoms with Gasteiger partial charge in [0.05, 0.1) is 28.4 Å². The van der Waals surface area contributed by atoms with E-state index >= 15 is 0 Å². The Morgan fingerprint density at radius 1 is 1.22 bits per heavy atom. The first-order valence-corrected chi connectivity index (χ1v) is 11.5. The Morgan fingerprint density at radius 3 is 2.88 bits per heavy atom. The molecular formula is C26H23N5S. The van der Waals surface area contributed by atoms with Gasteiger partial charge in [0.15, 0.2) is 5.82 Å². The van der Waals surface area contributed by atoms with Crippen LogP contribution in [0.5, 0.6) is 0 Å². The molecule has 0 radical (unpaired) electrons. The van der Waals surface area contributed by atoms with Gasteiger partial charge >= 0.3 is 0 Å². The fraction of sp³-hybridized carbons (Fsp3) is 0.115. The number of aromatic amines is 2. The molecule has 158 valence electrons. The summed E-state index contributed by atoms with van der Waals surface area (Å²) in [6.07, 6.45) is 8.85. The molecule has 5 rings (SSSR count). The Hall–Kier alpha value is -3.77. The van der Waals surface area contributed by atoms with Crippen molar-refractivity contribution in [3.05, 3.63) is 83.4 Å². The molecule has 0 aliphatic carbocycles. The van der Waals surface area contributed by atoms with Gasteiger partial charge in [-0.15, -0.1) is 0 Å². The zero-order valence-electron chi connectivity index (χ0n) is 18.0. The number of rotatable bonds is 6. The molecule has 0 atom stereocenters. The highest BCUT2D eigenvalue weighted by Gasteiger charge is 2.16. The number of hydrogen-bond acceptors (Lipinski definition) is 4. The Labute approximate surface area is 190 Å². The molecule has 2 N–H and O–H groups in total. The van der Waals surface area contributed by atoms with E-state index in [9.17, 15) is 0 Å². The molecule has 0 spiro atoms. The van der Waals surface area contributed by atoms with Gasteiger partial charge in [0, 0.05) is 10.9 Å². The maximum absolute atomic E-state index is 4.94. The fourth-order valence-corrected chi connectivity index (χ4v) is 4.52. The lowest BCUT2D eigenvalue weighted by molar-refractivity contribution is 1.10. The van der Waals surface area contributed by atoms with Crippen molar-refractivity contribution in [2.24, 2.45) is 0 Å². The van der Waals surface area contributed by atoms with Crippen LogP contribution in [-0.2, 0) is 0 Å². The van der Waals surface area contributed by atoms with Crippen LogP contribution in [-0.4, -0.2) is 25.1 Å². The van der Waals surface area contributed by atoms with Crippen molar-refractivity contribution in [3.8, 4) is 22.6 Å². The van der Waals surface area contributed by atoms with E-state index in [1.54, 1.807) is 11.3 Å². The van der Waals surface area contributed by atoms with Crippen molar-refractivity contribution in [1.82, 2.24) is 25.1 Å². The molecule has 0 saturated carbocycles. The van der Waals surface area contributed by atoms with E-state index in [-0.39, 0.29) is 0 Å². The summed E-state index contributed by atoms with van der Waals surface area (Å²) < 4.78 is 0. The van der Waals surface area contributed by atoms with Crippen LogP contribution >= 0.6 is 11.3 Å². The summed E-state index contributed by atoms with van der Waals surface area (Å²) in [5.41, 5.74) is 9.01. The number of fused-ring (bicyclic) bond motifs is 2. The summed E-state index contributed by atoms with van der Waals surface area (Å²) in [5, 5.41) is 12.9. The lowest BCUT2D eigenvalue weighted by atomic mass is 10.0. The van der Waals surface area contributed by atoms with Gasteiger partial charge in [0.25, 0.3) is 0 Å². The van der Waals surface area contributed by atoms with Crippen LogP contribution in [0.3, 0.4) is 0 Å². The van der Waals surface area contributed by atoms with E-state index in [2.05, 4.69) is 80.8 Å². The molecule has 6 heteroatoms. The molecule has 32 heavy (non-hydrogen) atoms. The van der Waals surface area contributed by atoms with E-state index in [4.69, 9.17) is 4.98 Å². The zero-order valence-corrected chi connectivity index (χ0v) is 18.8. The standard InChI is InChI=1S/C26H23N5S/c1-4-16(5-2)12-17(6-3)22-13-20-23(14-27-22)30-31-25(20)26-28-21-9-7-8-19(24(21)29-26)18-10-11-32-15-18/h4,6-15H,1,5H2,2-3H3,(H,28,29)(H,30,31)/b16-12+,17-6+. The van der Waals surface area contributed by atoms with Crippen LogP contribution in [0.4, 0.5) is 0 Å². The molecule has 0 bridgehead atoms. The average molecular weight is 438 g/mol. The summed E-state index contributed by atoms with van der Waals surface area (Å²) in [4.78, 5) is 13.0. The monoisotopic (exact) mass is 437 g/mol. The largest absolute Gasteiger partial charge is 0.337 e. The fourth-order valence-electron chi connectivity index (χ4n) is 3.86. The van der Waals surface area contributed by atoms with Crippen LogP contribution < -0.4 is 0 Å². The maximum Gasteiger partial charge on any atom is 0.159 e. The summed E-state index contributed by atoms with van der Waals surface area (Å²) in [7, 11) is 0. The molecule has 5 aromatic rings. The lowest BCUT2D eigenvalue weighted by Crippen LogP contribution is -1.89. The zero-order chi connectivity index (χ0) is 22.1. The number of allylic oxidation sites excluding steroid dienone is 5. The lowest BCUT2D eigenvalue weighted by Gasteiger charge is -2.04. The number of nitrogens with one attached hydrogen (secondary N) is 2. The number of benzene rings is 1. The molecule has 0 fully saturated rings. The van der Waals surface area contributed by atoms with Crippen molar-refractivity contribution in [1.29, 1.82) is 0 Å². The van der Waals surface area contributed by atoms with Crippen LogP contribution in [0.2, 0.25) is 0 Å². The quantitative estimate of drug-likeness (QED) is 0.277. The van der Waals surface area contributed by atoms with E-state index in [1.165, 1.54) is 11.1 Å². The van der Waals surface area contributed by atoms with Crippen LogP contribution in [0.1, 0.15) is 26.0 Å². The minimum atomic E-state index is 0.740. The minimum absolute atomic E-state index is 0.740. The Balaban J connectivity index is 1.63. The van der Waals surface area contributed by atoms with E-state index in [0.717, 1.165) is 56.7 Å². The topological polar surface area (TPSA) is 70.2 Å². The number of thiophene rings is 1. The third-order valence-corrected chi connectivity index (χ3v) is 6.32. The van der Waals surface area contributed by atoms with Gasteiger partial charge in [-0.1, -0.05) is 37.8 Å². The summed E-state index contributed by atoms with van der Waals surface area (Å²) >= 11 is 1.68. The van der Waals surface area contributed by atoms with E-state index < -0.39 is 0 Å². The molecule has 0 aliphatic heterocycles. The second kappa shape index (κ2) is 8.40. The van der Waals surface area contributed by atoms with Gasteiger partial charge in [-0.05, 0) is 65.1 Å². The van der Waals surface area contributed by atoms with E-state index in [1.807, 2.05) is 25.3 Å². The molecule has 4 heterocycles. The molecule has 0 unspecified atom stereocenters. The summed E-state index contributed by atoms with van der Waals surface area (Å²) in [6.45, 7) is 8.06. The Kier molecular flexibility index (Phi) is 5.29. The smallest absolute Gasteiger partial charge is 0.159 e. The van der Waals surface area contributed by atoms with E-state index in [0.29, 0.717) is 0 Å². The molecular weight excluding hydrogens is 414 g/mol. The third-order valence-electron chi connectivity index (χ3n) is 5.63. The number of pyridine rings is 1. The van der Waals surface area contributed by atoms with Crippen molar-refractivity contribution >= 4 is 38.8 Å². The van der Waals surface area contributed by atoms with Crippen LogP contribution in [0, 0.1) is 0 Å². The van der Waals surface area contributed by atoms with Crippen molar-refractivity contribution in [3.63, 3.8) is 0 Å². The minimum Gasteiger partial charge on any atom is -0.337 e. The van der Waals surface area contributed by atoms with Crippen molar-refractivity contribution < 1.29 is 0 Å². The third kappa shape index (κ3) is 3.48. The van der Waals surface area contributed by atoms with Gasteiger partial charge in [-0.2, -0.15) is 16.4 Å². The highest BCUT2D eigenvalue weighted by molar-refractivity contribution is 7.08. The molecule has 0 aliphatic rings. The second-order valence-electron chi connectivity index (χ2n) is 7.51. The summed E-state index contributed by atoms with van der Waals surface area (Å²) in [6, 6.07) is 10.4. The number of H-pyrrole nitrogens is 2. The molecule has 0 amide bonds. The molecule has 4 aromatic heterocycles. The molecule has 0 saturated heterocycles. The van der Waals surface area contributed by atoms with Crippen molar-refractivity contribution in [2.75, 3.05) is 0 Å². The highest BCUT2D eigenvalue weighted by atomic mass is 32.1. The van der Waals surface area contributed by atoms with Crippen LogP contribution in [0.15, 0.2) is 77.7 Å². The number of para-hydroxylation sites is 1. The first-order chi connectivity index (χ1) is 15.7. The maximum atomic E-state index is 4.94.